The molecule has 2 aromatic carbocycles. The number of esters is 1. The van der Waals surface area contributed by atoms with Gasteiger partial charge in [-0.1, -0.05) is 36.7 Å². The Labute approximate surface area is 175 Å². The van der Waals surface area contributed by atoms with E-state index in [0.717, 1.165) is 10.6 Å². The molecule has 0 saturated heterocycles. The van der Waals surface area contributed by atoms with Crippen LogP contribution in [0.2, 0.25) is 5.02 Å². The van der Waals surface area contributed by atoms with Crippen molar-refractivity contribution in [1.82, 2.24) is 0 Å². The Hall–Kier alpha value is -2.58. The molecule has 0 aliphatic rings. The summed E-state index contributed by atoms with van der Waals surface area (Å²) in [6.45, 7) is 3.64. The zero-order chi connectivity index (χ0) is 21.6. The summed E-state index contributed by atoms with van der Waals surface area (Å²) < 4.78 is 30.8. The Balaban J connectivity index is 2.30. The number of hydrogen-bond donors (Lipinski definition) is 1. The molecule has 0 spiro atoms. The van der Waals surface area contributed by atoms with Crippen molar-refractivity contribution < 1.29 is 22.7 Å². The van der Waals surface area contributed by atoms with Crippen LogP contribution in [0.3, 0.4) is 0 Å². The number of nitrogens with one attached hydrogen (secondary N) is 1. The number of anilines is 2. The summed E-state index contributed by atoms with van der Waals surface area (Å²) >= 11 is 6.20. The molecule has 0 aromatic heterocycles. The molecule has 7 nitrogen and oxygen atoms in total. The van der Waals surface area contributed by atoms with Gasteiger partial charge in [0.15, 0.2) is 0 Å². The van der Waals surface area contributed by atoms with E-state index in [4.69, 9.17) is 16.3 Å². The van der Waals surface area contributed by atoms with Gasteiger partial charge in [-0.3, -0.25) is 9.10 Å². The van der Waals surface area contributed by atoms with Gasteiger partial charge in [0.1, 0.15) is 6.04 Å². The standard InChI is InChI=1S/C20H23ClN2O5S/c1-4-18(23(29(3,26)27)15-9-7-6-8-10-15)19(24)22-17-12-11-14(13-16(17)21)20(25)28-5-2/h6-13,18H,4-5H2,1-3H3,(H,22,24). The summed E-state index contributed by atoms with van der Waals surface area (Å²) in [5, 5.41) is 2.80. The number of rotatable bonds is 8. The first-order valence-electron chi connectivity index (χ1n) is 9.01. The number of amides is 1. The predicted octanol–water partition coefficient (Wildman–Crippen LogP) is 3.70. The average molecular weight is 439 g/mol. The van der Waals surface area contributed by atoms with E-state index >= 15 is 0 Å². The molecule has 156 valence electrons. The van der Waals surface area contributed by atoms with Crippen LogP contribution in [0.5, 0.6) is 0 Å². The van der Waals surface area contributed by atoms with Crippen molar-refractivity contribution in [1.29, 1.82) is 0 Å². The summed E-state index contributed by atoms with van der Waals surface area (Å²) in [6, 6.07) is 11.8. The Morgan fingerprint density at radius 1 is 1.14 bits per heavy atom. The molecule has 2 aromatic rings. The third-order valence-electron chi connectivity index (χ3n) is 4.08. The van der Waals surface area contributed by atoms with Gasteiger partial charge in [0.05, 0.1) is 34.8 Å². The van der Waals surface area contributed by atoms with Crippen LogP contribution in [-0.4, -0.2) is 39.2 Å². The summed E-state index contributed by atoms with van der Waals surface area (Å²) in [4.78, 5) is 24.7. The van der Waals surface area contributed by atoms with Crippen molar-refractivity contribution in [2.75, 3.05) is 22.5 Å². The third kappa shape index (κ3) is 5.71. The average Bonchev–Trinajstić information content (AvgIpc) is 2.67. The fraction of sp³-hybridized carbons (Fsp3) is 0.300. The molecule has 0 radical (unpaired) electrons. The van der Waals surface area contributed by atoms with Crippen molar-refractivity contribution in [3.8, 4) is 0 Å². The van der Waals surface area contributed by atoms with Gasteiger partial charge in [-0.15, -0.1) is 0 Å². The molecule has 29 heavy (non-hydrogen) atoms. The van der Waals surface area contributed by atoms with E-state index in [1.165, 1.54) is 18.2 Å². The fourth-order valence-corrected chi connectivity index (χ4v) is 4.25. The Kier molecular flexibility index (Phi) is 7.64. The quantitative estimate of drug-likeness (QED) is 0.634. The van der Waals surface area contributed by atoms with E-state index in [9.17, 15) is 18.0 Å². The maximum atomic E-state index is 12.9. The molecule has 0 bridgehead atoms. The van der Waals surface area contributed by atoms with E-state index in [2.05, 4.69) is 5.32 Å². The van der Waals surface area contributed by atoms with Crippen molar-refractivity contribution in [3.63, 3.8) is 0 Å². The van der Waals surface area contributed by atoms with Gasteiger partial charge in [-0.25, -0.2) is 13.2 Å². The van der Waals surface area contributed by atoms with E-state index in [-0.39, 0.29) is 29.3 Å². The van der Waals surface area contributed by atoms with Gasteiger partial charge in [0.25, 0.3) is 0 Å². The first-order valence-corrected chi connectivity index (χ1v) is 11.2. The van der Waals surface area contributed by atoms with Gasteiger partial charge in [-0.05, 0) is 43.7 Å². The summed E-state index contributed by atoms with van der Waals surface area (Å²) in [5.74, 6) is -1.06. The highest BCUT2D eigenvalue weighted by Gasteiger charge is 2.31. The Bertz CT molecular complexity index is 980. The lowest BCUT2D eigenvalue weighted by molar-refractivity contribution is -0.117. The zero-order valence-electron chi connectivity index (χ0n) is 16.4. The second-order valence-corrected chi connectivity index (χ2v) is 8.49. The van der Waals surface area contributed by atoms with Gasteiger partial charge < -0.3 is 10.1 Å². The maximum absolute atomic E-state index is 12.9. The molecule has 1 amide bonds. The fourth-order valence-electron chi connectivity index (χ4n) is 2.81. The summed E-state index contributed by atoms with van der Waals surface area (Å²) in [5.41, 5.74) is 0.911. The van der Waals surface area contributed by atoms with Gasteiger partial charge in [-0.2, -0.15) is 0 Å². The molecule has 1 N–H and O–H groups in total. The third-order valence-corrected chi connectivity index (χ3v) is 5.57. The van der Waals surface area contributed by atoms with Crippen LogP contribution < -0.4 is 9.62 Å². The van der Waals surface area contributed by atoms with Crippen LogP contribution in [0.1, 0.15) is 30.6 Å². The number of nitrogens with zero attached hydrogens (tertiary/aromatic N) is 1. The van der Waals surface area contributed by atoms with E-state index in [0.29, 0.717) is 5.69 Å². The normalized spacial score (nSPS) is 12.1. The molecular formula is C20H23ClN2O5S. The largest absolute Gasteiger partial charge is 0.462 e. The smallest absolute Gasteiger partial charge is 0.338 e. The van der Waals surface area contributed by atoms with Gasteiger partial charge in [0, 0.05) is 0 Å². The first kappa shape index (κ1) is 22.7. The van der Waals surface area contributed by atoms with Crippen molar-refractivity contribution in [3.05, 3.63) is 59.1 Å². The Morgan fingerprint density at radius 3 is 2.31 bits per heavy atom. The van der Waals surface area contributed by atoms with Crippen LogP contribution in [0, 0.1) is 0 Å². The molecule has 1 unspecified atom stereocenters. The first-order chi connectivity index (χ1) is 13.7. The summed E-state index contributed by atoms with van der Waals surface area (Å²) in [6.07, 6.45) is 1.30. The lowest BCUT2D eigenvalue weighted by Crippen LogP contribution is -2.47. The number of carbonyl (C=O) groups is 2. The highest BCUT2D eigenvalue weighted by Crippen LogP contribution is 2.26. The number of halogens is 1. The van der Waals surface area contributed by atoms with Crippen molar-refractivity contribution in [2.45, 2.75) is 26.3 Å². The van der Waals surface area contributed by atoms with Crippen LogP contribution >= 0.6 is 11.6 Å². The molecular weight excluding hydrogens is 416 g/mol. The molecule has 0 aliphatic heterocycles. The number of benzene rings is 2. The molecule has 9 heteroatoms. The van der Waals surface area contributed by atoms with Crippen molar-refractivity contribution >= 4 is 44.9 Å². The maximum Gasteiger partial charge on any atom is 0.338 e. The lowest BCUT2D eigenvalue weighted by Gasteiger charge is -2.30. The summed E-state index contributed by atoms with van der Waals surface area (Å²) in [7, 11) is -3.72. The van der Waals surface area contributed by atoms with Crippen LogP contribution in [0.15, 0.2) is 48.5 Å². The molecule has 0 heterocycles. The van der Waals surface area contributed by atoms with Crippen molar-refractivity contribution in [2.24, 2.45) is 0 Å². The molecule has 0 saturated carbocycles. The molecule has 0 fully saturated rings. The van der Waals surface area contributed by atoms with E-state index < -0.39 is 27.9 Å². The van der Waals surface area contributed by atoms with Crippen LogP contribution in [-0.2, 0) is 19.6 Å². The topological polar surface area (TPSA) is 92.8 Å². The second kappa shape index (κ2) is 9.76. The minimum Gasteiger partial charge on any atom is -0.462 e. The van der Waals surface area contributed by atoms with E-state index in [1.807, 2.05) is 0 Å². The highest BCUT2D eigenvalue weighted by molar-refractivity contribution is 7.92. The van der Waals surface area contributed by atoms with E-state index in [1.54, 1.807) is 44.2 Å². The second-order valence-electron chi connectivity index (χ2n) is 6.22. The SMILES string of the molecule is CCOC(=O)c1ccc(NC(=O)C(CC)N(c2ccccc2)S(C)(=O)=O)c(Cl)c1. The molecule has 2 rings (SSSR count). The number of carbonyl (C=O) groups excluding carboxylic acids is 2. The zero-order valence-corrected chi connectivity index (χ0v) is 18.0. The Morgan fingerprint density at radius 2 is 1.79 bits per heavy atom. The van der Waals surface area contributed by atoms with Crippen LogP contribution in [0.25, 0.3) is 0 Å². The highest BCUT2D eigenvalue weighted by atomic mass is 35.5. The predicted molar refractivity (Wildman–Crippen MR) is 114 cm³/mol. The monoisotopic (exact) mass is 438 g/mol. The number of para-hydroxylation sites is 1. The van der Waals surface area contributed by atoms with Gasteiger partial charge in [0.2, 0.25) is 15.9 Å². The molecule has 0 aliphatic carbocycles. The number of sulfonamides is 1. The van der Waals surface area contributed by atoms with Gasteiger partial charge >= 0.3 is 5.97 Å². The number of hydrogen-bond acceptors (Lipinski definition) is 5. The lowest BCUT2D eigenvalue weighted by atomic mass is 10.1. The minimum atomic E-state index is -3.72. The minimum absolute atomic E-state index is 0.143. The number of ether oxygens (including phenoxy) is 1. The van der Waals surface area contributed by atoms with Crippen LogP contribution in [0.4, 0.5) is 11.4 Å². The molecule has 1 atom stereocenters.